The Labute approximate surface area is 119 Å². The lowest BCUT2D eigenvalue weighted by molar-refractivity contribution is -0.144. The number of methoxy groups -OCH3 is 1. The number of nitrogens with one attached hydrogen (secondary N) is 2. The number of ether oxygens (including phenoxy) is 1. The maximum Gasteiger partial charge on any atom is 0.326 e. The fraction of sp³-hybridized carbons (Fsp3) is 0.545. The van der Waals surface area contributed by atoms with Gasteiger partial charge in [0.2, 0.25) is 5.91 Å². The van der Waals surface area contributed by atoms with Crippen LogP contribution in [0.25, 0.3) is 0 Å². The Kier molecular flexibility index (Phi) is 5.64. The van der Waals surface area contributed by atoms with E-state index in [0.717, 1.165) is 7.11 Å². The van der Waals surface area contributed by atoms with Gasteiger partial charge in [0.1, 0.15) is 12.6 Å². The van der Waals surface area contributed by atoms with Gasteiger partial charge in [-0.2, -0.15) is 0 Å². The number of carbonyl (C=O) groups excluding carboxylic acids is 4. The van der Waals surface area contributed by atoms with Crippen LogP contribution >= 0.6 is 0 Å². The van der Waals surface area contributed by atoms with Crippen LogP contribution in [0, 0.1) is 0 Å². The van der Waals surface area contributed by atoms with Crippen molar-refractivity contribution in [2.45, 2.75) is 18.9 Å². The number of esters is 1. The molecule has 0 saturated carbocycles. The molecular weight excluding hydrogens is 286 g/mol. The number of carbonyl (C=O) groups is 5. The molecule has 0 spiro atoms. The molecule has 0 aromatic rings. The Bertz CT molecular complexity index is 460. The van der Waals surface area contributed by atoms with E-state index in [0.29, 0.717) is 4.90 Å². The van der Waals surface area contributed by atoms with Crippen LogP contribution < -0.4 is 10.6 Å². The first-order valence-electron chi connectivity index (χ1n) is 6.02. The molecule has 0 aliphatic carbocycles. The molecule has 1 atom stereocenters. The largest absolute Gasteiger partial charge is 0.480 e. The number of aliphatic carboxylic acids is 1. The second-order valence-electron chi connectivity index (χ2n) is 4.21. The highest BCUT2D eigenvalue weighted by Gasteiger charge is 2.31. The number of imide groups is 1. The van der Waals surface area contributed by atoms with Gasteiger partial charge in [0.15, 0.2) is 0 Å². The molecule has 0 bridgehead atoms. The van der Waals surface area contributed by atoms with Crippen LogP contribution in [0.1, 0.15) is 12.8 Å². The smallest absolute Gasteiger partial charge is 0.326 e. The molecule has 0 aromatic carbocycles. The number of hydrogen-bond donors (Lipinski definition) is 3. The number of urea groups is 1. The average Bonchev–Trinajstić information content (AvgIpc) is 2.74. The molecule has 1 aliphatic heterocycles. The molecule has 10 nitrogen and oxygen atoms in total. The maximum absolute atomic E-state index is 11.7. The molecule has 1 rings (SSSR count). The quantitative estimate of drug-likeness (QED) is 0.367. The van der Waals surface area contributed by atoms with Gasteiger partial charge >= 0.3 is 18.0 Å². The molecule has 10 heteroatoms. The van der Waals surface area contributed by atoms with Gasteiger partial charge in [0, 0.05) is 6.42 Å². The van der Waals surface area contributed by atoms with Crippen molar-refractivity contribution >= 4 is 29.8 Å². The second kappa shape index (κ2) is 7.22. The van der Waals surface area contributed by atoms with Crippen molar-refractivity contribution < 1.29 is 33.8 Å². The summed E-state index contributed by atoms with van der Waals surface area (Å²) in [6.45, 7) is -0.774. The normalized spacial score (nSPS) is 15.4. The zero-order valence-electron chi connectivity index (χ0n) is 11.2. The van der Waals surface area contributed by atoms with E-state index < -0.39 is 42.4 Å². The predicted molar refractivity (Wildman–Crippen MR) is 65.9 cm³/mol. The standard InChI is InChI=1S/C11H15N3O7/c1-21-9(17)3-2-6(10(18)19)13-7(15)5-14-8(16)4-12-11(14)20/h6H,2-5H2,1H3,(H,12,20)(H,13,15)(H,18,19)/t6-/m0/s1. The Morgan fingerprint density at radius 3 is 2.57 bits per heavy atom. The highest BCUT2D eigenvalue weighted by Crippen LogP contribution is 2.02. The fourth-order valence-electron chi connectivity index (χ4n) is 1.62. The summed E-state index contributed by atoms with van der Waals surface area (Å²) in [4.78, 5) is 56.8. The topological polar surface area (TPSA) is 142 Å². The van der Waals surface area contributed by atoms with Crippen molar-refractivity contribution in [2.24, 2.45) is 0 Å². The van der Waals surface area contributed by atoms with E-state index in [-0.39, 0.29) is 19.4 Å². The van der Waals surface area contributed by atoms with Crippen LogP contribution in [0.4, 0.5) is 4.79 Å². The monoisotopic (exact) mass is 301 g/mol. The molecule has 1 heterocycles. The lowest BCUT2D eigenvalue weighted by Crippen LogP contribution is -2.47. The molecule has 116 valence electrons. The minimum absolute atomic E-state index is 0.159. The molecule has 1 aliphatic rings. The Hall–Kier alpha value is -2.65. The fourth-order valence-corrected chi connectivity index (χ4v) is 1.62. The van der Waals surface area contributed by atoms with Gasteiger partial charge in [0.25, 0.3) is 5.91 Å². The van der Waals surface area contributed by atoms with E-state index >= 15 is 0 Å². The van der Waals surface area contributed by atoms with Gasteiger partial charge < -0.3 is 20.5 Å². The summed E-state index contributed by atoms with van der Waals surface area (Å²) in [5, 5.41) is 13.3. The number of carboxylic acid groups (broad SMARTS) is 1. The summed E-state index contributed by atoms with van der Waals surface area (Å²) in [5.74, 6) is -3.32. The van der Waals surface area contributed by atoms with Crippen molar-refractivity contribution in [3.05, 3.63) is 0 Å². The van der Waals surface area contributed by atoms with Crippen LogP contribution in [0.3, 0.4) is 0 Å². The van der Waals surface area contributed by atoms with E-state index in [1.54, 1.807) is 0 Å². The number of rotatable bonds is 7. The van der Waals surface area contributed by atoms with Gasteiger partial charge in [-0.05, 0) is 6.42 Å². The summed E-state index contributed by atoms with van der Waals surface area (Å²) < 4.78 is 4.37. The zero-order chi connectivity index (χ0) is 16.0. The van der Waals surface area contributed by atoms with Crippen molar-refractivity contribution in [3.63, 3.8) is 0 Å². The third kappa shape index (κ3) is 4.75. The third-order valence-corrected chi connectivity index (χ3v) is 2.74. The van der Waals surface area contributed by atoms with E-state index in [1.165, 1.54) is 0 Å². The molecule has 0 radical (unpaired) electrons. The highest BCUT2D eigenvalue weighted by atomic mass is 16.5. The van der Waals surface area contributed by atoms with Gasteiger partial charge in [-0.1, -0.05) is 0 Å². The lowest BCUT2D eigenvalue weighted by Gasteiger charge is -2.16. The van der Waals surface area contributed by atoms with Gasteiger partial charge in [0.05, 0.1) is 13.7 Å². The summed E-state index contributed by atoms with van der Waals surface area (Å²) in [6.07, 6.45) is -0.342. The minimum atomic E-state index is -1.33. The van der Waals surface area contributed by atoms with E-state index in [1.807, 2.05) is 0 Å². The molecule has 1 fully saturated rings. The molecule has 1 saturated heterocycles. The Balaban J connectivity index is 2.52. The summed E-state index contributed by atoms with van der Waals surface area (Å²) in [5.41, 5.74) is 0. The number of nitrogens with zero attached hydrogens (tertiary/aromatic N) is 1. The van der Waals surface area contributed by atoms with E-state index in [2.05, 4.69) is 15.4 Å². The first-order valence-corrected chi connectivity index (χ1v) is 6.02. The maximum atomic E-state index is 11.7. The molecule has 3 N–H and O–H groups in total. The van der Waals surface area contributed by atoms with Crippen LogP contribution in [0.15, 0.2) is 0 Å². The number of hydrogen-bond acceptors (Lipinski definition) is 6. The van der Waals surface area contributed by atoms with Crippen LogP contribution in [-0.2, 0) is 23.9 Å². The second-order valence-corrected chi connectivity index (χ2v) is 4.21. The van der Waals surface area contributed by atoms with Gasteiger partial charge in [-0.15, -0.1) is 0 Å². The van der Waals surface area contributed by atoms with Gasteiger partial charge in [-0.3, -0.25) is 19.3 Å². The van der Waals surface area contributed by atoms with Crippen LogP contribution in [0.5, 0.6) is 0 Å². The predicted octanol–water partition coefficient (Wildman–Crippen LogP) is -1.94. The molecular formula is C11H15N3O7. The molecule has 4 amide bonds. The minimum Gasteiger partial charge on any atom is -0.480 e. The summed E-state index contributed by atoms with van der Waals surface area (Å²) in [7, 11) is 1.16. The molecule has 21 heavy (non-hydrogen) atoms. The van der Waals surface area contributed by atoms with Crippen molar-refractivity contribution in [1.29, 1.82) is 0 Å². The van der Waals surface area contributed by atoms with Gasteiger partial charge in [-0.25, -0.2) is 9.59 Å². The van der Waals surface area contributed by atoms with Crippen LogP contribution in [-0.4, -0.2) is 66.0 Å². The average molecular weight is 301 g/mol. The lowest BCUT2D eigenvalue weighted by atomic mass is 10.1. The van der Waals surface area contributed by atoms with E-state index in [4.69, 9.17) is 5.11 Å². The number of amides is 4. The highest BCUT2D eigenvalue weighted by molar-refractivity contribution is 6.04. The zero-order valence-corrected chi connectivity index (χ0v) is 11.2. The van der Waals surface area contributed by atoms with Crippen LogP contribution in [0.2, 0.25) is 0 Å². The number of carboxylic acids is 1. The first-order chi connectivity index (χ1) is 9.85. The summed E-state index contributed by atoms with van der Waals surface area (Å²) >= 11 is 0. The molecule has 0 aromatic heterocycles. The van der Waals surface area contributed by atoms with E-state index in [9.17, 15) is 24.0 Å². The Morgan fingerprint density at radius 2 is 2.10 bits per heavy atom. The first kappa shape index (κ1) is 16.4. The van der Waals surface area contributed by atoms with Crippen molar-refractivity contribution in [1.82, 2.24) is 15.5 Å². The third-order valence-electron chi connectivity index (χ3n) is 2.74. The molecule has 0 unspecified atom stereocenters. The van der Waals surface area contributed by atoms with Crippen molar-refractivity contribution in [2.75, 3.05) is 20.2 Å². The van der Waals surface area contributed by atoms with Crippen molar-refractivity contribution in [3.8, 4) is 0 Å². The summed E-state index contributed by atoms with van der Waals surface area (Å²) in [6, 6.07) is -2.02. The Morgan fingerprint density at radius 1 is 1.43 bits per heavy atom. The SMILES string of the molecule is COC(=O)CC[C@H](NC(=O)CN1C(=O)CNC1=O)C(=O)O.